The molecule has 0 bridgehead atoms. The molecular weight excluding hydrogens is 350 g/mol. The Balaban J connectivity index is 1.91. The van der Waals surface area contributed by atoms with Crippen LogP contribution in [-0.2, 0) is 9.84 Å². The molecule has 0 amide bonds. The molecule has 2 aromatic carbocycles. The third-order valence-corrected chi connectivity index (χ3v) is 5.60. The van der Waals surface area contributed by atoms with E-state index < -0.39 is 15.9 Å². The van der Waals surface area contributed by atoms with Gasteiger partial charge in [-0.3, -0.25) is 4.90 Å². The van der Waals surface area contributed by atoms with Crippen molar-refractivity contribution in [2.24, 2.45) is 0 Å². The standard InChI is InChI=1S/C20H27NO4S/c1-15-7-5-6-8-20(15)25-14-18(22)13-21(3)16(2)17-9-11-19(12-10-17)26(4,23)24/h5-12,16,18,22H,13-14H2,1-4H3. The summed E-state index contributed by atoms with van der Waals surface area (Å²) in [6, 6.07) is 14.6. The highest BCUT2D eigenvalue weighted by molar-refractivity contribution is 7.90. The molecule has 2 atom stereocenters. The topological polar surface area (TPSA) is 66.8 Å². The summed E-state index contributed by atoms with van der Waals surface area (Å²) in [6.45, 7) is 4.65. The van der Waals surface area contributed by atoms with E-state index in [-0.39, 0.29) is 12.6 Å². The Labute approximate surface area is 156 Å². The van der Waals surface area contributed by atoms with Gasteiger partial charge in [0.05, 0.1) is 4.90 Å². The highest BCUT2D eigenvalue weighted by Crippen LogP contribution is 2.21. The van der Waals surface area contributed by atoms with Crippen LogP contribution in [0.1, 0.15) is 24.1 Å². The molecule has 2 rings (SSSR count). The van der Waals surface area contributed by atoms with Crippen molar-refractivity contribution in [2.75, 3.05) is 26.5 Å². The number of ether oxygens (including phenoxy) is 1. The highest BCUT2D eigenvalue weighted by Gasteiger charge is 2.17. The van der Waals surface area contributed by atoms with Crippen molar-refractivity contribution < 1.29 is 18.3 Å². The van der Waals surface area contributed by atoms with E-state index in [4.69, 9.17) is 4.74 Å². The molecule has 0 spiro atoms. The van der Waals surface area contributed by atoms with Crippen LogP contribution >= 0.6 is 0 Å². The molecule has 0 fully saturated rings. The van der Waals surface area contributed by atoms with Crippen LogP contribution in [0.5, 0.6) is 5.75 Å². The van der Waals surface area contributed by atoms with E-state index in [2.05, 4.69) is 0 Å². The molecule has 0 saturated carbocycles. The summed E-state index contributed by atoms with van der Waals surface area (Å²) in [4.78, 5) is 2.32. The number of benzene rings is 2. The van der Waals surface area contributed by atoms with Gasteiger partial charge in [-0.05, 0) is 50.2 Å². The fourth-order valence-electron chi connectivity index (χ4n) is 2.70. The van der Waals surface area contributed by atoms with Crippen LogP contribution < -0.4 is 4.74 Å². The number of sulfone groups is 1. The first-order valence-corrected chi connectivity index (χ1v) is 10.4. The molecule has 0 saturated heterocycles. The second-order valence-corrected chi connectivity index (χ2v) is 8.70. The molecular formula is C20H27NO4S. The van der Waals surface area contributed by atoms with Gasteiger partial charge in [-0.25, -0.2) is 8.42 Å². The summed E-state index contributed by atoms with van der Waals surface area (Å²) in [7, 11) is -1.27. The number of likely N-dealkylation sites (N-methyl/N-ethyl adjacent to an activating group) is 1. The van der Waals surface area contributed by atoms with E-state index in [0.717, 1.165) is 16.9 Å². The van der Waals surface area contributed by atoms with Crippen molar-refractivity contribution in [2.45, 2.75) is 30.9 Å². The molecule has 142 valence electrons. The monoisotopic (exact) mass is 377 g/mol. The molecule has 26 heavy (non-hydrogen) atoms. The minimum Gasteiger partial charge on any atom is -0.491 e. The summed E-state index contributed by atoms with van der Waals surface area (Å²) < 4.78 is 28.8. The van der Waals surface area contributed by atoms with Gasteiger partial charge in [-0.1, -0.05) is 30.3 Å². The Hall–Kier alpha value is -1.89. The first-order valence-electron chi connectivity index (χ1n) is 8.55. The maximum absolute atomic E-state index is 11.5. The van der Waals surface area contributed by atoms with Gasteiger partial charge in [0.15, 0.2) is 9.84 Å². The maximum Gasteiger partial charge on any atom is 0.175 e. The van der Waals surface area contributed by atoms with Crippen molar-refractivity contribution in [1.82, 2.24) is 4.90 Å². The Morgan fingerprint density at radius 3 is 2.31 bits per heavy atom. The molecule has 5 nitrogen and oxygen atoms in total. The molecule has 0 heterocycles. The minimum absolute atomic E-state index is 0.0386. The van der Waals surface area contributed by atoms with Crippen molar-refractivity contribution in [3.8, 4) is 5.75 Å². The normalized spacial score (nSPS) is 14.2. The fourth-order valence-corrected chi connectivity index (χ4v) is 3.33. The second-order valence-electron chi connectivity index (χ2n) is 6.69. The first kappa shape index (κ1) is 20.4. The quantitative estimate of drug-likeness (QED) is 0.766. The van der Waals surface area contributed by atoms with Gasteiger partial charge in [0, 0.05) is 18.8 Å². The number of nitrogens with zero attached hydrogens (tertiary/aromatic N) is 1. The lowest BCUT2D eigenvalue weighted by atomic mass is 10.1. The lowest BCUT2D eigenvalue weighted by Crippen LogP contribution is -2.34. The lowest BCUT2D eigenvalue weighted by molar-refractivity contribution is 0.0651. The van der Waals surface area contributed by atoms with Crippen LogP contribution in [0.4, 0.5) is 0 Å². The van der Waals surface area contributed by atoms with Gasteiger partial charge < -0.3 is 9.84 Å². The van der Waals surface area contributed by atoms with Gasteiger partial charge >= 0.3 is 0 Å². The van der Waals surface area contributed by atoms with Crippen LogP contribution in [0.25, 0.3) is 0 Å². The van der Waals surface area contributed by atoms with Gasteiger partial charge in [-0.2, -0.15) is 0 Å². The summed E-state index contributed by atoms with van der Waals surface area (Å²) in [5.74, 6) is 0.776. The smallest absolute Gasteiger partial charge is 0.175 e. The van der Waals surface area contributed by atoms with Gasteiger partial charge in [0.2, 0.25) is 0 Å². The van der Waals surface area contributed by atoms with Crippen LogP contribution in [-0.4, -0.2) is 51.0 Å². The zero-order chi connectivity index (χ0) is 19.3. The third kappa shape index (κ3) is 5.56. The zero-order valence-electron chi connectivity index (χ0n) is 15.7. The van der Waals surface area contributed by atoms with Gasteiger partial charge in [0.1, 0.15) is 18.5 Å². The van der Waals surface area contributed by atoms with Crippen molar-refractivity contribution >= 4 is 9.84 Å². The average molecular weight is 378 g/mol. The zero-order valence-corrected chi connectivity index (χ0v) is 16.5. The van der Waals surface area contributed by atoms with Gasteiger partial charge in [-0.15, -0.1) is 0 Å². The SMILES string of the molecule is Cc1ccccc1OCC(O)CN(C)C(C)c1ccc(S(C)(=O)=O)cc1. The second kappa shape index (κ2) is 8.66. The van der Waals surface area contributed by atoms with Crippen molar-refractivity contribution in [3.63, 3.8) is 0 Å². The van der Waals surface area contributed by atoms with Crippen LogP contribution in [0.3, 0.4) is 0 Å². The van der Waals surface area contributed by atoms with Crippen LogP contribution in [0.2, 0.25) is 0 Å². The number of aliphatic hydroxyl groups excluding tert-OH is 1. The Kier molecular flexibility index (Phi) is 6.81. The molecule has 0 aromatic heterocycles. The highest BCUT2D eigenvalue weighted by atomic mass is 32.2. The lowest BCUT2D eigenvalue weighted by Gasteiger charge is -2.27. The largest absolute Gasteiger partial charge is 0.491 e. The predicted molar refractivity (Wildman–Crippen MR) is 103 cm³/mol. The number of aryl methyl sites for hydroxylation is 1. The number of hydrogen-bond acceptors (Lipinski definition) is 5. The molecule has 0 aliphatic rings. The van der Waals surface area contributed by atoms with E-state index in [0.29, 0.717) is 11.4 Å². The first-order chi connectivity index (χ1) is 12.2. The van der Waals surface area contributed by atoms with Gasteiger partial charge in [0.25, 0.3) is 0 Å². The van der Waals surface area contributed by atoms with E-state index in [1.807, 2.05) is 62.2 Å². The number of aliphatic hydroxyl groups is 1. The predicted octanol–water partition coefficient (Wildman–Crippen LogP) is 2.83. The molecule has 1 N–H and O–H groups in total. The van der Waals surface area contributed by atoms with Crippen molar-refractivity contribution in [1.29, 1.82) is 0 Å². The average Bonchev–Trinajstić information content (AvgIpc) is 2.59. The summed E-state index contributed by atoms with van der Waals surface area (Å²) >= 11 is 0. The maximum atomic E-state index is 11.5. The summed E-state index contributed by atoms with van der Waals surface area (Å²) in [6.07, 6.45) is 0.569. The number of hydrogen-bond donors (Lipinski definition) is 1. The number of rotatable bonds is 8. The Morgan fingerprint density at radius 1 is 1.12 bits per heavy atom. The van der Waals surface area contributed by atoms with E-state index in [9.17, 15) is 13.5 Å². The van der Waals surface area contributed by atoms with Crippen LogP contribution in [0.15, 0.2) is 53.4 Å². The van der Waals surface area contributed by atoms with Crippen molar-refractivity contribution in [3.05, 3.63) is 59.7 Å². The molecule has 6 heteroatoms. The molecule has 0 aliphatic heterocycles. The fraction of sp³-hybridized carbons (Fsp3) is 0.400. The molecule has 2 unspecified atom stereocenters. The van der Waals surface area contributed by atoms with E-state index >= 15 is 0 Å². The Bertz CT molecular complexity index is 818. The summed E-state index contributed by atoms with van der Waals surface area (Å²) in [5, 5.41) is 10.3. The number of para-hydroxylation sites is 1. The summed E-state index contributed by atoms with van der Waals surface area (Å²) in [5.41, 5.74) is 2.03. The Morgan fingerprint density at radius 2 is 1.73 bits per heavy atom. The molecule has 0 aliphatic carbocycles. The van der Waals surface area contributed by atoms with E-state index in [1.54, 1.807) is 12.1 Å². The third-order valence-electron chi connectivity index (χ3n) is 4.48. The van der Waals surface area contributed by atoms with Crippen LogP contribution in [0, 0.1) is 6.92 Å². The molecule has 0 radical (unpaired) electrons. The molecule has 2 aromatic rings. The minimum atomic E-state index is -3.19. The van der Waals surface area contributed by atoms with E-state index in [1.165, 1.54) is 6.26 Å².